The van der Waals surface area contributed by atoms with E-state index in [9.17, 15) is 0 Å². The highest BCUT2D eigenvalue weighted by Gasteiger charge is 2.18. The van der Waals surface area contributed by atoms with Crippen LogP contribution >= 0.6 is 11.8 Å². The van der Waals surface area contributed by atoms with E-state index in [0.717, 1.165) is 44.8 Å². The first kappa shape index (κ1) is 16.2. The molecule has 0 N–H and O–H groups in total. The van der Waals surface area contributed by atoms with E-state index in [0.29, 0.717) is 11.7 Å². The number of hydrogen-bond donors (Lipinski definition) is 0. The lowest BCUT2D eigenvalue weighted by Gasteiger charge is -2.33. The van der Waals surface area contributed by atoms with Crippen molar-refractivity contribution in [1.82, 2.24) is 19.9 Å². The first-order chi connectivity index (χ1) is 11.3. The molecule has 1 saturated heterocycles. The van der Waals surface area contributed by atoms with Crippen molar-refractivity contribution in [3.63, 3.8) is 0 Å². The molecule has 0 bridgehead atoms. The molecule has 1 fully saturated rings. The fraction of sp³-hybridized carbons (Fsp3) is 0.412. The summed E-state index contributed by atoms with van der Waals surface area (Å²) >= 11 is 1.72. The fourth-order valence-corrected chi connectivity index (χ4v) is 3.09. The van der Waals surface area contributed by atoms with E-state index < -0.39 is 0 Å². The van der Waals surface area contributed by atoms with E-state index >= 15 is 0 Å². The second-order valence-electron chi connectivity index (χ2n) is 5.61. The molecule has 0 radical (unpaired) electrons. The van der Waals surface area contributed by atoms with Crippen molar-refractivity contribution >= 4 is 11.8 Å². The molecule has 3 rings (SSSR count). The van der Waals surface area contributed by atoms with Crippen molar-refractivity contribution in [3.8, 4) is 11.4 Å². The van der Waals surface area contributed by atoms with Crippen LogP contribution in [-0.2, 0) is 6.54 Å². The molecule has 122 valence electrons. The number of hydrogen-bond acceptors (Lipinski definition) is 6. The summed E-state index contributed by atoms with van der Waals surface area (Å²) in [5.41, 5.74) is 0.994. The van der Waals surface area contributed by atoms with Gasteiger partial charge in [-0.1, -0.05) is 11.2 Å². The van der Waals surface area contributed by atoms with Gasteiger partial charge in [0.15, 0.2) is 0 Å². The van der Waals surface area contributed by atoms with Crippen LogP contribution in [0.1, 0.15) is 5.89 Å². The molecular weight excluding hydrogens is 308 g/mol. The van der Waals surface area contributed by atoms with Crippen molar-refractivity contribution < 1.29 is 4.52 Å². The summed E-state index contributed by atoms with van der Waals surface area (Å²) in [5, 5.41) is 4.11. The quantitative estimate of drug-likeness (QED) is 0.599. The molecule has 1 aliphatic rings. The number of thioether (sulfide) groups is 1. The maximum absolute atomic E-state index is 5.41. The number of rotatable bonds is 6. The summed E-state index contributed by atoms with van der Waals surface area (Å²) in [6, 6.07) is 8.23. The molecule has 1 aromatic heterocycles. The average Bonchev–Trinajstić information content (AvgIpc) is 3.05. The third kappa shape index (κ3) is 4.22. The molecule has 1 aromatic carbocycles. The van der Waals surface area contributed by atoms with Gasteiger partial charge in [-0.3, -0.25) is 9.80 Å². The van der Waals surface area contributed by atoms with Crippen molar-refractivity contribution in [1.29, 1.82) is 0 Å². The van der Waals surface area contributed by atoms with Gasteiger partial charge in [-0.25, -0.2) is 0 Å². The lowest BCUT2D eigenvalue weighted by molar-refractivity contribution is 0.125. The summed E-state index contributed by atoms with van der Waals surface area (Å²) < 4.78 is 5.41. The van der Waals surface area contributed by atoms with E-state index in [-0.39, 0.29) is 0 Å². The normalized spacial score (nSPS) is 16.6. The first-order valence-electron chi connectivity index (χ1n) is 7.81. The van der Waals surface area contributed by atoms with Crippen LogP contribution in [0.4, 0.5) is 0 Å². The summed E-state index contributed by atoms with van der Waals surface area (Å²) in [5.74, 6) is 1.35. The van der Waals surface area contributed by atoms with Crippen LogP contribution in [0.3, 0.4) is 0 Å². The van der Waals surface area contributed by atoms with Gasteiger partial charge in [0.1, 0.15) is 0 Å². The molecule has 0 saturated carbocycles. The molecule has 6 heteroatoms. The minimum Gasteiger partial charge on any atom is -0.338 e. The van der Waals surface area contributed by atoms with Crippen molar-refractivity contribution in [2.75, 3.05) is 39.0 Å². The topological polar surface area (TPSA) is 45.4 Å². The lowest BCUT2D eigenvalue weighted by Crippen LogP contribution is -2.45. The summed E-state index contributed by atoms with van der Waals surface area (Å²) in [6.07, 6.45) is 4.03. The van der Waals surface area contributed by atoms with E-state index in [1.807, 2.05) is 18.2 Å². The Morgan fingerprint density at radius 3 is 2.52 bits per heavy atom. The molecular formula is C17H22N4OS. The predicted molar refractivity (Wildman–Crippen MR) is 93.4 cm³/mol. The van der Waals surface area contributed by atoms with Gasteiger partial charge in [0.05, 0.1) is 6.54 Å². The Bertz CT molecular complexity index is 632. The molecule has 23 heavy (non-hydrogen) atoms. The predicted octanol–water partition coefficient (Wildman–Crippen LogP) is 2.76. The van der Waals surface area contributed by atoms with E-state index in [1.54, 1.807) is 11.8 Å². The highest BCUT2D eigenvalue weighted by Crippen LogP contribution is 2.21. The smallest absolute Gasteiger partial charge is 0.241 e. The molecule has 2 heterocycles. The van der Waals surface area contributed by atoms with Crippen LogP contribution in [0.2, 0.25) is 0 Å². The molecule has 1 aliphatic heterocycles. The minimum atomic E-state index is 0.665. The zero-order chi connectivity index (χ0) is 16.1. The molecule has 0 spiro atoms. The average molecular weight is 330 g/mol. The second-order valence-corrected chi connectivity index (χ2v) is 6.49. The van der Waals surface area contributed by atoms with Gasteiger partial charge >= 0.3 is 0 Å². The van der Waals surface area contributed by atoms with E-state index in [1.165, 1.54) is 4.90 Å². The third-order valence-corrected chi connectivity index (χ3v) is 4.77. The molecule has 5 nitrogen and oxygen atoms in total. The minimum absolute atomic E-state index is 0.665. The maximum Gasteiger partial charge on any atom is 0.241 e. The van der Waals surface area contributed by atoms with Crippen LogP contribution in [0.25, 0.3) is 11.4 Å². The number of nitrogens with zero attached hydrogens (tertiary/aromatic N) is 4. The second kappa shape index (κ2) is 7.77. The number of piperazine rings is 1. The van der Waals surface area contributed by atoms with Crippen LogP contribution in [0.15, 0.2) is 46.3 Å². The van der Waals surface area contributed by atoms with Gasteiger partial charge in [0.2, 0.25) is 11.7 Å². The summed E-state index contributed by atoms with van der Waals surface area (Å²) in [7, 11) is 0. The van der Waals surface area contributed by atoms with E-state index in [4.69, 9.17) is 4.52 Å². The zero-order valence-corrected chi connectivity index (χ0v) is 14.3. The summed E-state index contributed by atoms with van der Waals surface area (Å²) in [4.78, 5) is 10.5. The highest BCUT2D eigenvalue weighted by atomic mass is 32.2. The van der Waals surface area contributed by atoms with Gasteiger partial charge in [-0.2, -0.15) is 4.98 Å². The van der Waals surface area contributed by atoms with Gasteiger partial charge < -0.3 is 4.52 Å². The number of aromatic nitrogens is 2. The standard InChI is InChI=1S/C17H22N4OS/c1-3-8-20-9-11-21(12-10-20)13-16-18-17(19-22-16)14-4-6-15(23-2)7-5-14/h3-7H,1,8-13H2,2H3. The van der Waals surface area contributed by atoms with Crippen molar-refractivity contribution in [3.05, 3.63) is 42.8 Å². The highest BCUT2D eigenvalue weighted by molar-refractivity contribution is 7.98. The maximum atomic E-state index is 5.41. The SMILES string of the molecule is C=CCN1CCN(Cc2nc(-c3ccc(SC)cc3)no2)CC1. The monoisotopic (exact) mass is 330 g/mol. The first-order valence-corrected chi connectivity index (χ1v) is 9.03. The van der Waals surface area contributed by atoms with Gasteiger partial charge in [0.25, 0.3) is 0 Å². The Labute approximate surface area is 141 Å². The molecule has 2 aromatic rings. The largest absolute Gasteiger partial charge is 0.338 e. The van der Waals surface area contributed by atoms with Crippen LogP contribution in [-0.4, -0.2) is 58.9 Å². The number of benzene rings is 1. The molecule has 0 atom stereocenters. The lowest BCUT2D eigenvalue weighted by atomic mass is 10.2. The van der Waals surface area contributed by atoms with Crippen molar-refractivity contribution in [2.24, 2.45) is 0 Å². The molecule has 0 amide bonds. The Balaban J connectivity index is 1.58. The Morgan fingerprint density at radius 1 is 1.17 bits per heavy atom. The molecule has 0 aliphatic carbocycles. The van der Waals surface area contributed by atoms with Crippen LogP contribution in [0.5, 0.6) is 0 Å². The molecule has 0 unspecified atom stereocenters. The van der Waals surface area contributed by atoms with Crippen LogP contribution in [0, 0.1) is 0 Å². The Kier molecular flexibility index (Phi) is 5.48. The van der Waals surface area contributed by atoms with Gasteiger partial charge in [-0.15, -0.1) is 18.3 Å². The van der Waals surface area contributed by atoms with Crippen molar-refractivity contribution in [2.45, 2.75) is 11.4 Å². The Hall–Kier alpha value is -1.63. The summed E-state index contributed by atoms with van der Waals surface area (Å²) in [6.45, 7) is 9.64. The van der Waals surface area contributed by atoms with Gasteiger partial charge in [0, 0.05) is 43.2 Å². The Morgan fingerprint density at radius 2 is 1.87 bits per heavy atom. The van der Waals surface area contributed by atoms with Gasteiger partial charge in [-0.05, 0) is 30.5 Å². The third-order valence-electron chi connectivity index (χ3n) is 4.03. The fourth-order valence-electron chi connectivity index (χ4n) is 2.68. The zero-order valence-electron chi connectivity index (χ0n) is 13.4. The van der Waals surface area contributed by atoms with E-state index in [2.05, 4.69) is 44.9 Å². The van der Waals surface area contributed by atoms with Crippen LogP contribution < -0.4 is 0 Å².